The summed E-state index contributed by atoms with van der Waals surface area (Å²) in [7, 11) is 1.84. The van der Waals surface area contributed by atoms with Crippen LogP contribution in [-0.4, -0.2) is 38.5 Å². The summed E-state index contributed by atoms with van der Waals surface area (Å²) < 4.78 is 11.2. The van der Waals surface area contributed by atoms with Gasteiger partial charge in [0.05, 0.1) is 11.7 Å². The van der Waals surface area contributed by atoms with Crippen molar-refractivity contribution < 1.29 is 9.47 Å². The minimum Gasteiger partial charge on any atom is -0.378 e. The highest BCUT2D eigenvalue weighted by Crippen LogP contribution is 2.34. The Morgan fingerprint density at radius 2 is 2.25 bits per heavy atom. The van der Waals surface area contributed by atoms with Gasteiger partial charge in [-0.3, -0.25) is 0 Å². The Bertz CT molecular complexity index is 193. The van der Waals surface area contributed by atoms with E-state index in [1.54, 1.807) is 0 Å². The predicted molar refractivity (Wildman–Crippen MR) is 64.7 cm³/mol. The lowest BCUT2D eigenvalue weighted by Crippen LogP contribution is -2.48. The quantitative estimate of drug-likeness (QED) is 0.676. The molecule has 1 N–H and O–H groups in total. The smallest absolute Gasteiger partial charge is 0.0802 e. The van der Waals surface area contributed by atoms with E-state index < -0.39 is 0 Å². The Morgan fingerprint density at radius 3 is 2.81 bits per heavy atom. The highest BCUT2D eigenvalue weighted by Gasteiger charge is 2.36. The summed E-state index contributed by atoms with van der Waals surface area (Å²) in [4.78, 5) is 0. The van der Waals surface area contributed by atoms with Crippen LogP contribution >= 0.6 is 0 Å². The fourth-order valence-electron chi connectivity index (χ4n) is 2.67. The third-order valence-electron chi connectivity index (χ3n) is 4.05. The molecule has 16 heavy (non-hydrogen) atoms. The normalized spacial score (nSPS) is 27.9. The van der Waals surface area contributed by atoms with Crippen LogP contribution in [0.2, 0.25) is 0 Å². The summed E-state index contributed by atoms with van der Waals surface area (Å²) in [6, 6.07) is 0. The molecule has 3 nitrogen and oxygen atoms in total. The van der Waals surface area contributed by atoms with Crippen LogP contribution in [0.5, 0.6) is 0 Å². The molecule has 0 spiro atoms. The fourth-order valence-corrected chi connectivity index (χ4v) is 2.67. The Morgan fingerprint density at radius 1 is 1.38 bits per heavy atom. The lowest BCUT2D eigenvalue weighted by molar-refractivity contribution is -0.0693. The van der Waals surface area contributed by atoms with Crippen molar-refractivity contribution in [1.82, 2.24) is 5.32 Å². The number of nitrogens with one attached hydrogen (secondary N) is 1. The molecule has 94 valence electrons. The first kappa shape index (κ1) is 12.3. The van der Waals surface area contributed by atoms with E-state index in [1.165, 1.54) is 44.9 Å². The number of hydrogen-bond donors (Lipinski definition) is 1. The average molecular weight is 227 g/mol. The van der Waals surface area contributed by atoms with Gasteiger partial charge in [-0.05, 0) is 51.5 Å². The molecule has 2 aliphatic rings. The van der Waals surface area contributed by atoms with Gasteiger partial charge in [-0.15, -0.1) is 0 Å². The fraction of sp³-hybridized carbons (Fsp3) is 1.00. The van der Waals surface area contributed by atoms with Crippen LogP contribution in [0.3, 0.4) is 0 Å². The van der Waals surface area contributed by atoms with Crippen LogP contribution in [0.4, 0.5) is 0 Å². The van der Waals surface area contributed by atoms with Crippen LogP contribution in [0, 0.1) is 0 Å². The molecular weight excluding hydrogens is 202 g/mol. The number of hydrogen-bond acceptors (Lipinski definition) is 3. The zero-order valence-electron chi connectivity index (χ0n) is 10.5. The Balaban J connectivity index is 1.48. The van der Waals surface area contributed by atoms with Gasteiger partial charge in [-0.1, -0.05) is 0 Å². The minimum absolute atomic E-state index is 0.170. The van der Waals surface area contributed by atoms with Gasteiger partial charge in [0.15, 0.2) is 0 Å². The molecule has 1 saturated carbocycles. The summed E-state index contributed by atoms with van der Waals surface area (Å²) in [6.07, 6.45) is 9.28. The van der Waals surface area contributed by atoms with Gasteiger partial charge in [0, 0.05) is 20.3 Å². The van der Waals surface area contributed by atoms with E-state index in [-0.39, 0.29) is 5.60 Å². The molecule has 0 aromatic rings. The van der Waals surface area contributed by atoms with E-state index in [2.05, 4.69) is 5.32 Å². The lowest BCUT2D eigenvalue weighted by Gasteiger charge is -2.40. The second-order valence-corrected chi connectivity index (χ2v) is 5.19. The first-order valence-corrected chi connectivity index (χ1v) is 6.72. The van der Waals surface area contributed by atoms with E-state index in [9.17, 15) is 0 Å². The van der Waals surface area contributed by atoms with Crippen molar-refractivity contribution in [3.05, 3.63) is 0 Å². The largest absolute Gasteiger partial charge is 0.378 e. The molecule has 2 rings (SSSR count). The number of rotatable bonds is 7. The van der Waals surface area contributed by atoms with Crippen LogP contribution in [0.1, 0.15) is 44.9 Å². The molecule has 2 fully saturated rings. The maximum absolute atomic E-state index is 5.60. The van der Waals surface area contributed by atoms with Gasteiger partial charge in [0.2, 0.25) is 0 Å². The zero-order chi connectivity index (χ0) is 11.3. The highest BCUT2D eigenvalue weighted by atomic mass is 16.5. The van der Waals surface area contributed by atoms with E-state index in [0.717, 1.165) is 19.7 Å². The standard InChI is InChI=1S/C13H25NO2/c1-15-13(7-4-8-13)11-14-9-2-5-12-6-3-10-16-12/h12,14H,2-11H2,1H3. The monoisotopic (exact) mass is 227 g/mol. The van der Waals surface area contributed by atoms with Crippen molar-refractivity contribution in [2.45, 2.75) is 56.7 Å². The maximum Gasteiger partial charge on any atom is 0.0802 e. The first-order chi connectivity index (χ1) is 7.85. The van der Waals surface area contributed by atoms with Crippen LogP contribution in [0.15, 0.2) is 0 Å². The molecule has 1 aliphatic carbocycles. The molecule has 0 aromatic carbocycles. The van der Waals surface area contributed by atoms with Crippen molar-refractivity contribution in [3.63, 3.8) is 0 Å². The van der Waals surface area contributed by atoms with Gasteiger partial charge in [0.25, 0.3) is 0 Å². The second kappa shape index (κ2) is 5.99. The summed E-state index contributed by atoms with van der Waals surface area (Å²) in [5.41, 5.74) is 0.170. The molecule has 1 atom stereocenters. The van der Waals surface area contributed by atoms with Crippen molar-refractivity contribution in [1.29, 1.82) is 0 Å². The maximum atomic E-state index is 5.60. The average Bonchev–Trinajstić information content (AvgIpc) is 2.74. The third kappa shape index (κ3) is 3.19. The Labute approximate surface area is 98.9 Å². The van der Waals surface area contributed by atoms with E-state index >= 15 is 0 Å². The van der Waals surface area contributed by atoms with Crippen molar-refractivity contribution in [2.24, 2.45) is 0 Å². The summed E-state index contributed by atoms with van der Waals surface area (Å²) in [5.74, 6) is 0. The molecule has 0 radical (unpaired) electrons. The van der Waals surface area contributed by atoms with Crippen molar-refractivity contribution in [2.75, 3.05) is 26.8 Å². The van der Waals surface area contributed by atoms with E-state index in [0.29, 0.717) is 6.10 Å². The molecule has 0 amide bonds. The molecule has 1 unspecified atom stereocenters. The van der Waals surface area contributed by atoms with Crippen molar-refractivity contribution in [3.8, 4) is 0 Å². The first-order valence-electron chi connectivity index (χ1n) is 6.72. The molecule has 3 heteroatoms. The minimum atomic E-state index is 0.170. The molecule has 0 aromatic heterocycles. The molecule has 1 saturated heterocycles. The van der Waals surface area contributed by atoms with Gasteiger partial charge in [-0.2, -0.15) is 0 Å². The van der Waals surface area contributed by atoms with Crippen LogP contribution in [0.25, 0.3) is 0 Å². The van der Waals surface area contributed by atoms with Crippen LogP contribution < -0.4 is 5.32 Å². The summed E-state index contributed by atoms with van der Waals surface area (Å²) in [6.45, 7) is 3.10. The molecule has 1 heterocycles. The Kier molecular flexibility index (Phi) is 4.62. The van der Waals surface area contributed by atoms with Crippen LogP contribution in [-0.2, 0) is 9.47 Å². The van der Waals surface area contributed by atoms with E-state index in [4.69, 9.17) is 9.47 Å². The van der Waals surface area contributed by atoms with Gasteiger partial charge >= 0.3 is 0 Å². The zero-order valence-corrected chi connectivity index (χ0v) is 10.5. The lowest BCUT2D eigenvalue weighted by atomic mass is 9.80. The molecule has 0 bridgehead atoms. The van der Waals surface area contributed by atoms with Gasteiger partial charge < -0.3 is 14.8 Å². The summed E-state index contributed by atoms with van der Waals surface area (Å²) >= 11 is 0. The highest BCUT2D eigenvalue weighted by molar-refractivity contribution is 4.91. The topological polar surface area (TPSA) is 30.5 Å². The second-order valence-electron chi connectivity index (χ2n) is 5.19. The predicted octanol–water partition coefficient (Wildman–Crippen LogP) is 2.10. The molecule has 1 aliphatic heterocycles. The van der Waals surface area contributed by atoms with Gasteiger partial charge in [0.1, 0.15) is 0 Å². The molecular formula is C13H25NO2. The number of methoxy groups -OCH3 is 1. The number of ether oxygens (including phenoxy) is 2. The van der Waals surface area contributed by atoms with Gasteiger partial charge in [-0.25, -0.2) is 0 Å². The van der Waals surface area contributed by atoms with Crippen molar-refractivity contribution >= 4 is 0 Å². The Hall–Kier alpha value is -0.120. The third-order valence-corrected chi connectivity index (χ3v) is 4.05. The summed E-state index contributed by atoms with van der Waals surface area (Å²) in [5, 5.41) is 3.52. The van der Waals surface area contributed by atoms with E-state index in [1.807, 2.05) is 7.11 Å². The SMILES string of the molecule is COC1(CNCCCC2CCCO2)CCC1.